The van der Waals surface area contributed by atoms with Gasteiger partial charge < -0.3 is 9.08 Å². The minimum Gasteiger partial charge on any atom is -0.382 e. The lowest BCUT2D eigenvalue weighted by atomic mass is 10.1. The maximum atomic E-state index is 13.5. The van der Waals surface area contributed by atoms with Gasteiger partial charge in [0.1, 0.15) is 11.6 Å². The molecule has 2 aromatic rings. The zero-order chi connectivity index (χ0) is 20.0. The van der Waals surface area contributed by atoms with Crippen molar-refractivity contribution in [1.82, 2.24) is 4.90 Å². The summed E-state index contributed by atoms with van der Waals surface area (Å²) in [7, 11) is -3.69. The maximum absolute atomic E-state index is 13.5. The van der Waals surface area contributed by atoms with E-state index < -0.39 is 15.9 Å². The number of hydrogen-bond acceptors (Lipinski definition) is 4. The Hall–Kier alpha value is -2.41. The molecule has 0 radical (unpaired) electrons. The predicted molar refractivity (Wildman–Crippen MR) is 103 cm³/mol. The molecule has 1 atom stereocenters. The van der Waals surface area contributed by atoms with E-state index in [1.807, 2.05) is 13.8 Å². The highest BCUT2D eigenvalue weighted by molar-refractivity contribution is 7.87. The average Bonchev–Trinajstić information content (AvgIpc) is 2.66. The van der Waals surface area contributed by atoms with Gasteiger partial charge in [0, 0.05) is 23.7 Å². The van der Waals surface area contributed by atoms with Gasteiger partial charge in [0.2, 0.25) is 0 Å². The van der Waals surface area contributed by atoms with Gasteiger partial charge in [-0.15, -0.1) is 0 Å². The van der Waals surface area contributed by atoms with Crippen LogP contribution in [0.1, 0.15) is 43.1 Å². The van der Waals surface area contributed by atoms with E-state index in [0.717, 1.165) is 0 Å². The van der Waals surface area contributed by atoms with Crippen LogP contribution in [0.4, 0.5) is 4.39 Å². The van der Waals surface area contributed by atoms with Crippen molar-refractivity contribution >= 4 is 16.0 Å². The Morgan fingerprint density at radius 1 is 1.15 bits per heavy atom. The fourth-order valence-electron chi connectivity index (χ4n) is 2.53. The first kappa shape index (κ1) is 20.9. The Morgan fingerprint density at radius 2 is 1.85 bits per heavy atom. The van der Waals surface area contributed by atoms with E-state index in [1.165, 1.54) is 25.1 Å². The largest absolute Gasteiger partial charge is 0.382 e. The van der Waals surface area contributed by atoms with Gasteiger partial charge in [-0.1, -0.05) is 31.2 Å². The summed E-state index contributed by atoms with van der Waals surface area (Å²) in [5, 5.41) is 0. The van der Waals surface area contributed by atoms with Crippen molar-refractivity contribution in [1.29, 1.82) is 0 Å². The highest BCUT2D eigenvalue weighted by Gasteiger charge is 2.23. The van der Waals surface area contributed by atoms with Crippen LogP contribution in [0.15, 0.2) is 48.5 Å². The van der Waals surface area contributed by atoms with Crippen molar-refractivity contribution in [2.24, 2.45) is 0 Å². The van der Waals surface area contributed by atoms with Crippen molar-refractivity contribution in [3.63, 3.8) is 0 Å². The summed E-state index contributed by atoms with van der Waals surface area (Å²) in [5.41, 5.74) is 0.814. The number of benzene rings is 2. The van der Waals surface area contributed by atoms with Crippen LogP contribution in [-0.2, 0) is 16.7 Å². The number of carbonyl (C=O) groups is 1. The first-order valence-corrected chi connectivity index (χ1v) is 10.4. The number of rotatable bonds is 8. The van der Waals surface area contributed by atoms with Crippen LogP contribution in [0.3, 0.4) is 0 Å². The topological polar surface area (TPSA) is 63.7 Å². The zero-order valence-electron chi connectivity index (χ0n) is 15.7. The Morgan fingerprint density at radius 3 is 2.48 bits per heavy atom. The summed E-state index contributed by atoms with van der Waals surface area (Å²) in [6, 6.07) is 12.1. The van der Waals surface area contributed by atoms with E-state index in [0.29, 0.717) is 12.0 Å². The monoisotopic (exact) mass is 393 g/mol. The number of para-hydroxylation sites is 1. The molecular formula is C20H24FNO4S. The molecule has 1 amide bonds. The molecule has 0 aliphatic heterocycles. The number of amides is 1. The van der Waals surface area contributed by atoms with Crippen LogP contribution in [0.5, 0.6) is 5.75 Å². The Kier molecular flexibility index (Phi) is 6.96. The minimum absolute atomic E-state index is 0.128. The second-order valence-electron chi connectivity index (χ2n) is 6.24. The third-order valence-corrected chi connectivity index (χ3v) is 5.48. The molecule has 0 N–H and O–H groups in total. The molecule has 0 saturated heterocycles. The maximum Gasteiger partial charge on any atom is 0.308 e. The standard InChI is InChI=1S/C20H24FNO4S/c1-4-15(3)22(20(23)16-10-8-11-18(21)13-16)14-17-9-6-7-12-19(17)26-27(24,25)5-2/h6-13,15H,4-5,14H2,1-3H3/t15-/m0/s1. The van der Waals surface area contributed by atoms with Crippen molar-refractivity contribution in [3.05, 3.63) is 65.5 Å². The van der Waals surface area contributed by atoms with E-state index in [9.17, 15) is 17.6 Å². The second kappa shape index (κ2) is 8.99. The highest BCUT2D eigenvalue weighted by atomic mass is 32.2. The van der Waals surface area contributed by atoms with Gasteiger partial charge in [-0.25, -0.2) is 4.39 Å². The summed E-state index contributed by atoms with van der Waals surface area (Å²) in [6.45, 7) is 5.49. The molecule has 0 heterocycles. The lowest BCUT2D eigenvalue weighted by Crippen LogP contribution is -2.38. The van der Waals surface area contributed by atoms with Gasteiger partial charge in [0.15, 0.2) is 0 Å². The Balaban J connectivity index is 2.36. The normalized spacial score (nSPS) is 12.4. The highest BCUT2D eigenvalue weighted by Crippen LogP contribution is 2.24. The zero-order valence-corrected chi connectivity index (χ0v) is 16.5. The molecule has 0 aliphatic rings. The van der Waals surface area contributed by atoms with Crippen LogP contribution in [-0.4, -0.2) is 31.0 Å². The quantitative estimate of drug-likeness (QED) is 0.636. The van der Waals surface area contributed by atoms with Gasteiger partial charge in [0.25, 0.3) is 5.91 Å². The van der Waals surface area contributed by atoms with Crippen LogP contribution >= 0.6 is 0 Å². The molecule has 0 aromatic heterocycles. The summed E-state index contributed by atoms with van der Waals surface area (Å²) < 4.78 is 42.4. The van der Waals surface area contributed by atoms with Crippen LogP contribution in [0.25, 0.3) is 0 Å². The van der Waals surface area contributed by atoms with Gasteiger partial charge in [-0.2, -0.15) is 8.42 Å². The number of carbonyl (C=O) groups excluding carboxylic acids is 1. The second-order valence-corrected chi connectivity index (χ2v) is 8.10. The van der Waals surface area contributed by atoms with E-state index in [2.05, 4.69) is 0 Å². The molecule has 0 saturated carbocycles. The van der Waals surface area contributed by atoms with Gasteiger partial charge in [0.05, 0.1) is 5.75 Å². The summed E-state index contributed by atoms with van der Waals surface area (Å²) >= 11 is 0. The first-order chi connectivity index (χ1) is 12.8. The fraction of sp³-hybridized carbons (Fsp3) is 0.350. The van der Waals surface area contributed by atoms with Crippen molar-refractivity contribution in [3.8, 4) is 5.75 Å². The van der Waals surface area contributed by atoms with E-state index in [-0.39, 0.29) is 35.6 Å². The molecule has 0 bridgehead atoms. The summed E-state index contributed by atoms with van der Waals surface area (Å²) in [4.78, 5) is 14.5. The first-order valence-electron chi connectivity index (χ1n) is 8.84. The fourth-order valence-corrected chi connectivity index (χ4v) is 3.08. The van der Waals surface area contributed by atoms with Crippen molar-refractivity contribution < 1.29 is 21.8 Å². The molecule has 0 aliphatic carbocycles. The van der Waals surface area contributed by atoms with Gasteiger partial charge >= 0.3 is 10.1 Å². The molecule has 7 heteroatoms. The van der Waals surface area contributed by atoms with E-state index >= 15 is 0 Å². The van der Waals surface area contributed by atoms with Crippen molar-refractivity contribution in [2.45, 2.75) is 39.8 Å². The van der Waals surface area contributed by atoms with Crippen LogP contribution < -0.4 is 4.18 Å². The van der Waals surface area contributed by atoms with E-state index in [1.54, 1.807) is 35.2 Å². The lowest BCUT2D eigenvalue weighted by molar-refractivity contribution is 0.0670. The number of hydrogen-bond donors (Lipinski definition) is 0. The van der Waals surface area contributed by atoms with Crippen LogP contribution in [0.2, 0.25) is 0 Å². The van der Waals surface area contributed by atoms with Crippen molar-refractivity contribution in [2.75, 3.05) is 5.75 Å². The summed E-state index contributed by atoms with van der Waals surface area (Å²) in [5.74, 6) is -0.766. The SMILES string of the molecule is CC[C@H](C)N(Cc1ccccc1OS(=O)(=O)CC)C(=O)c1cccc(F)c1. The smallest absolute Gasteiger partial charge is 0.308 e. The number of nitrogens with zero attached hydrogens (tertiary/aromatic N) is 1. The third-order valence-electron chi connectivity index (χ3n) is 4.34. The minimum atomic E-state index is -3.69. The van der Waals surface area contributed by atoms with Crippen LogP contribution in [0, 0.1) is 5.82 Å². The lowest BCUT2D eigenvalue weighted by Gasteiger charge is -2.29. The van der Waals surface area contributed by atoms with Gasteiger partial charge in [-0.3, -0.25) is 4.79 Å². The molecule has 27 heavy (non-hydrogen) atoms. The molecule has 2 aromatic carbocycles. The molecule has 146 valence electrons. The molecular weight excluding hydrogens is 369 g/mol. The molecule has 0 fully saturated rings. The number of halogens is 1. The van der Waals surface area contributed by atoms with E-state index in [4.69, 9.17) is 4.18 Å². The molecule has 0 unspecified atom stereocenters. The Labute approximate surface area is 159 Å². The molecule has 0 spiro atoms. The molecule has 5 nitrogen and oxygen atoms in total. The third kappa shape index (κ3) is 5.53. The Bertz CT molecular complexity index is 898. The predicted octanol–water partition coefficient (Wildman–Crippen LogP) is 4.00. The summed E-state index contributed by atoms with van der Waals surface area (Å²) in [6.07, 6.45) is 0.692. The molecule has 2 rings (SSSR count). The van der Waals surface area contributed by atoms with Gasteiger partial charge in [-0.05, 0) is 44.5 Å². The average molecular weight is 393 g/mol.